The normalized spacial score (nSPS) is 17.8. The maximum atomic E-state index is 12.7. The lowest BCUT2D eigenvalue weighted by Gasteiger charge is -2.32. The second-order valence-electron chi connectivity index (χ2n) is 5.16. The van der Waals surface area contributed by atoms with Crippen LogP contribution >= 0.6 is 0 Å². The van der Waals surface area contributed by atoms with Crippen molar-refractivity contribution < 1.29 is 13.5 Å². The van der Waals surface area contributed by atoms with Crippen LogP contribution in [0.2, 0.25) is 0 Å². The molecule has 114 valence electrons. The van der Waals surface area contributed by atoms with Gasteiger partial charge in [-0.1, -0.05) is 26.2 Å². The molecule has 7 heteroatoms. The van der Waals surface area contributed by atoms with Crippen LogP contribution in [0.3, 0.4) is 0 Å². The molecule has 0 saturated heterocycles. The fourth-order valence-corrected chi connectivity index (χ4v) is 4.48. The number of hydrogen-bond donors (Lipinski definition) is 1. The highest BCUT2D eigenvalue weighted by atomic mass is 32.2. The van der Waals surface area contributed by atoms with Crippen LogP contribution in [0.25, 0.3) is 0 Å². The molecule has 2 rings (SSSR count). The summed E-state index contributed by atoms with van der Waals surface area (Å²) in [7, 11) is -3.48. The summed E-state index contributed by atoms with van der Waals surface area (Å²) in [4.78, 5) is 0.221. The maximum Gasteiger partial charge on any atom is 0.246 e. The van der Waals surface area contributed by atoms with Crippen LogP contribution in [0.1, 0.15) is 39.0 Å². The van der Waals surface area contributed by atoms with Gasteiger partial charge in [-0.3, -0.25) is 4.68 Å². The third-order valence-electron chi connectivity index (χ3n) is 3.84. The van der Waals surface area contributed by atoms with Gasteiger partial charge in [-0.05, 0) is 12.8 Å². The smallest absolute Gasteiger partial charge is 0.246 e. The number of nitrogens with zero attached hydrogens (tertiary/aromatic N) is 3. The highest BCUT2D eigenvalue weighted by Crippen LogP contribution is 2.27. The minimum Gasteiger partial charge on any atom is -0.394 e. The molecule has 1 aromatic heterocycles. The zero-order chi connectivity index (χ0) is 14.6. The fraction of sp³-hybridized carbons (Fsp3) is 0.769. The molecule has 1 saturated carbocycles. The lowest BCUT2D eigenvalue weighted by molar-refractivity contribution is 0.261. The van der Waals surface area contributed by atoms with E-state index >= 15 is 0 Å². The molecule has 0 spiro atoms. The summed E-state index contributed by atoms with van der Waals surface area (Å²) >= 11 is 0. The van der Waals surface area contributed by atoms with Crippen molar-refractivity contribution in [2.45, 2.75) is 56.5 Å². The largest absolute Gasteiger partial charge is 0.394 e. The van der Waals surface area contributed by atoms with E-state index in [1.807, 2.05) is 6.92 Å². The van der Waals surface area contributed by atoms with Crippen LogP contribution in [0.4, 0.5) is 0 Å². The second kappa shape index (κ2) is 6.69. The van der Waals surface area contributed by atoms with Crippen LogP contribution in [0, 0.1) is 0 Å². The standard InChI is InChI=1S/C13H23N3O3S/c1-2-16(12-6-4-3-5-7-12)20(18,19)13-10-14-15(11-13)8-9-17/h10-12,17H,2-9H2,1H3. The molecule has 0 atom stereocenters. The number of hydrogen-bond acceptors (Lipinski definition) is 4. The lowest BCUT2D eigenvalue weighted by atomic mass is 9.95. The van der Waals surface area contributed by atoms with Crippen LogP contribution in [-0.4, -0.2) is 46.8 Å². The van der Waals surface area contributed by atoms with Gasteiger partial charge in [0.2, 0.25) is 10.0 Å². The highest BCUT2D eigenvalue weighted by molar-refractivity contribution is 7.89. The highest BCUT2D eigenvalue weighted by Gasteiger charge is 2.31. The molecule has 1 N–H and O–H groups in total. The second-order valence-corrected chi connectivity index (χ2v) is 7.05. The van der Waals surface area contributed by atoms with Gasteiger partial charge in [-0.15, -0.1) is 0 Å². The molecular weight excluding hydrogens is 278 g/mol. The Balaban J connectivity index is 2.21. The summed E-state index contributed by atoms with van der Waals surface area (Å²) in [5.41, 5.74) is 0. The zero-order valence-corrected chi connectivity index (χ0v) is 12.7. The van der Waals surface area contributed by atoms with Gasteiger partial charge < -0.3 is 5.11 Å². The molecule has 1 fully saturated rings. The van der Waals surface area contributed by atoms with E-state index in [4.69, 9.17) is 5.11 Å². The molecule has 1 aliphatic carbocycles. The number of aromatic nitrogens is 2. The summed E-state index contributed by atoms with van der Waals surface area (Å²) in [5.74, 6) is 0. The first-order valence-electron chi connectivity index (χ1n) is 7.24. The molecule has 0 aromatic carbocycles. The van der Waals surface area contributed by atoms with Gasteiger partial charge in [-0.25, -0.2) is 8.42 Å². The molecule has 1 heterocycles. The van der Waals surface area contributed by atoms with E-state index in [0.29, 0.717) is 13.1 Å². The first-order valence-corrected chi connectivity index (χ1v) is 8.68. The number of aliphatic hydroxyl groups excluding tert-OH is 1. The Morgan fingerprint density at radius 1 is 1.40 bits per heavy atom. The summed E-state index contributed by atoms with van der Waals surface area (Å²) in [6, 6.07) is 0.111. The van der Waals surface area contributed by atoms with Crippen LogP contribution < -0.4 is 0 Å². The van der Waals surface area contributed by atoms with Crippen molar-refractivity contribution in [2.75, 3.05) is 13.2 Å². The van der Waals surface area contributed by atoms with Crippen molar-refractivity contribution in [2.24, 2.45) is 0 Å². The predicted octanol–water partition coefficient (Wildman–Crippen LogP) is 1.22. The van der Waals surface area contributed by atoms with E-state index in [1.165, 1.54) is 23.5 Å². The molecule has 1 aliphatic rings. The molecule has 0 bridgehead atoms. The Labute approximate surface area is 120 Å². The van der Waals surface area contributed by atoms with Gasteiger partial charge in [0.15, 0.2) is 0 Å². The van der Waals surface area contributed by atoms with Crippen molar-refractivity contribution in [1.29, 1.82) is 0 Å². The van der Waals surface area contributed by atoms with Gasteiger partial charge in [-0.2, -0.15) is 9.40 Å². The van der Waals surface area contributed by atoms with E-state index in [-0.39, 0.29) is 17.5 Å². The fourth-order valence-electron chi connectivity index (χ4n) is 2.83. The summed E-state index contributed by atoms with van der Waals surface area (Å²) in [6.45, 7) is 2.62. The number of rotatable bonds is 6. The zero-order valence-electron chi connectivity index (χ0n) is 11.9. The molecule has 0 aliphatic heterocycles. The predicted molar refractivity (Wildman–Crippen MR) is 75.8 cm³/mol. The molecule has 0 amide bonds. The Kier molecular flexibility index (Phi) is 5.17. The Morgan fingerprint density at radius 3 is 2.70 bits per heavy atom. The summed E-state index contributed by atoms with van der Waals surface area (Å²) < 4.78 is 28.4. The first kappa shape index (κ1) is 15.5. The van der Waals surface area contributed by atoms with Crippen LogP contribution in [0.5, 0.6) is 0 Å². The molecular formula is C13H23N3O3S. The van der Waals surface area contributed by atoms with E-state index in [2.05, 4.69) is 5.10 Å². The molecule has 0 radical (unpaired) electrons. The van der Waals surface area contributed by atoms with Crippen molar-refractivity contribution >= 4 is 10.0 Å². The van der Waals surface area contributed by atoms with Crippen LogP contribution in [-0.2, 0) is 16.6 Å². The van der Waals surface area contributed by atoms with Crippen molar-refractivity contribution in [1.82, 2.24) is 14.1 Å². The number of aliphatic hydroxyl groups is 1. The molecule has 1 aromatic rings. The topological polar surface area (TPSA) is 75.4 Å². The summed E-state index contributed by atoms with van der Waals surface area (Å²) in [5, 5.41) is 12.9. The average molecular weight is 301 g/mol. The Morgan fingerprint density at radius 2 is 2.10 bits per heavy atom. The van der Waals surface area contributed by atoms with Gasteiger partial charge in [0.1, 0.15) is 4.90 Å². The van der Waals surface area contributed by atoms with Crippen molar-refractivity contribution in [3.8, 4) is 0 Å². The number of sulfonamides is 1. The van der Waals surface area contributed by atoms with Crippen LogP contribution in [0.15, 0.2) is 17.3 Å². The maximum absolute atomic E-state index is 12.7. The van der Waals surface area contributed by atoms with Crippen molar-refractivity contribution in [3.63, 3.8) is 0 Å². The quantitative estimate of drug-likeness (QED) is 0.857. The Hall–Kier alpha value is -0.920. The first-order chi connectivity index (χ1) is 9.59. The summed E-state index contributed by atoms with van der Waals surface area (Å²) in [6.07, 6.45) is 8.15. The third kappa shape index (κ3) is 3.21. The molecule has 0 unspecified atom stereocenters. The van der Waals surface area contributed by atoms with E-state index in [1.54, 1.807) is 4.31 Å². The van der Waals surface area contributed by atoms with Crippen molar-refractivity contribution in [3.05, 3.63) is 12.4 Å². The minimum absolute atomic E-state index is 0.0543. The average Bonchev–Trinajstić information content (AvgIpc) is 2.90. The van der Waals surface area contributed by atoms with E-state index in [9.17, 15) is 8.42 Å². The van der Waals surface area contributed by atoms with Gasteiger partial charge >= 0.3 is 0 Å². The van der Waals surface area contributed by atoms with Gasteiger partial charge in [0.05, 0.1) is 19.3 Å². The molecule has 6 nitrogen and oxygen atoms in total. The lowest BCUT2D eigenvalue weighted by Crippen LogP contribution is -2.41. The van der Waals surface area contributed by atoms with E-state index < -0.39 is 10.0 Å². The Bertz CT molecular complexity index is 521. The van der Waals surface area contributed by atoms with Gasteiger partial charge in [0.25, 0.3) is 0 Å². The minimum atomic E-state index is -3.48. The molecule has 20 heavy (non-hydrogen) atoms. The third-order valence-corrected chi connectivity index (χ3v) is 5.82. The van der Waals surface area contributed by atoms with Gasteiger partial charge in [0, 0.05) is 18.8 Å². The SMILES string of the molecule is CCN(C1CCCCC1)S(=O)(=O)c1cnn(CCO)c1. The monoisotopic (exact) mass is 301 g/mol. The van der Waals surface area contributed by atoms with E-state index in [0.717, 1.165) is 25.7 Å².